The lowest BCUT2D eigenvalue weighted by Crippen LogP contribution is -2.41. The number of esters is 2. The topological polar surface area (TPSA) is 106 Å². The molecule has 0 radical (unpaired) electrons. The van der Waals surface area contributed by atoms with Crippen LogP contribution in [-0.2, 0) is 31.4 Å². The van der Waals surface area contributed by atoms with Crippen molar-refractivity contribution < 1.29 is 45.4 Å². The Balaban J connectivity index is 2.51. The van der Waals surface area contributed by atoms with Crippen molar-refractivity contribution in [1.82, 2.24) is 0 Å². The minimum atomic E-state index is -5.49. The molecule has 200 valence electrons. The Morgan fingerprint density at radius 3 is 1.97 bits per heavy atom. The summed E-state index contributed by atoms with van der Waals surface area (Å²) in [5.74, 6) is -4.40. The van der Waals surface area contributed by atoms with Gasteiger partial charge in [0.25, 0.3) is 0 Å². The average molecular weight is 604 g/mol. The van der Waals surface area contributed by atoms with Gasteiger partial charge in [-0.05, 0) is 33.6 Å². The summed E-state index contributed by atoms with van der Waals surface area (Å²) in [6.07, 6.45) is -10.9. The van der Waals surface area contributed by atoms with Gasteiger partial charge < -0.3 is 15.2 Å². The van der Waals surface area contributed by atoms with Crippen LogP contribution in [0.5, 0.6) is 0 Å². The number of alkyl halides is 6. The van der Waals surface area contributed by atoms with E-state index in [1.807, 2.05) is 0 Å². The second kappa shape index (κ2) is 10.4. The monoisotopic (exact) mass is 603 g/mol. The molecule has 0 fully saturated rings. The Labute approximate surface area is 219 Å². The summed E-state index contributed by atoms with van der Waals surface area (Å²) < 4.78 is 90.7. The van der Waals surface area contributed by atoms with Gasteiger partial charge in [0.2, 0.25) is 0 Å². The van der Waals surface area contributed by atoms with Crippen molar-refractivity contribution in [2.45, 2.75) is 18.3 Å². The van der Waals surface area contributed by atoms with Crippen LogP contribution in [0.25, 0.3) is 0 Å². The molecule has 1 heterocycles. The summed E-state index contributed by atoms with van der Waals surface area (Å²) in [7, 11) is 1.86. The molecule has 0 amide bonds. The van der Waals surface area contributed by atoms with Crippen LogP contribution in [-0.4, -0.2) is 26.2 Å². The number of hydrogen-bond donors (Lipinski definition) is 1. The molecule has 1 aliphatic heterocycles. The molecule has 2 N–H and O–H groups in total. The zero-order chi connectivity index (χ0) is 28.6. The van der Waals surface area contributed by atoms with E-state index in [1.165, 1.54) is 12.1 Å². The van der Waals surface area contributed by atoms with Crippen LogP contribution in [0.1, 0.15) is 22.6 Å². The van der Waals surface area contributed by atoms with E-state index in [2.05, 4.69) is 15.9 Å². The van der Waals surface area contributed by atoms with Crippen LogP contribution in [0.4, 0.5) is 32.0 Å². The van der Waals surface area contributed by atoms with Gasteiger partial charge in [0.1, 0.15) is 11.5 Å². The number of methoxy groups -OCH3 is 2. The molecule has 7 nitrogen and oxygen atoms in total. The van der Waals surface area contributed by atoms with E-state index >= 15 is 0 Å². The quantitative estimate of drug-likeness (QED) is 0.369. The smallest absolute Gasteiger partial charge is 0.417 e. The first-order valence-electron chi connectivity index (χ1n) is 10.3. The highest BCUT2D eigenvalue weighted by atomic mass is 79.9. The van der Waals surface area contributed by atoms with Gasteiger partial charge in [-0.1, -0.05) is 30.3 Å². The van der Waals surface area contributed by atoms with Crippen LogP contribution in [0, 0.1) is 11.3 Å². The molecule has 1 aliphatic rings. The minimum Gasteiger partial charge on any atom is -0.466 e. The maximum atomic E-state index is 13.8. The van der Waals surface area contributed by atoms with Gasteiger partial charge in [-0.2, -0.15) is 31.6 Å². The Bertz CT molecular complexity index is 1390. The molecule has 1 unspecified atom stereocenters. The van der Waals surface area contributed by atoms with Crippen molar-refractivity contribution in [3.8, 4) is 6.07 Å². The van der Waals surface area contributed by atoms with Crippen molar-refractivity contribution >= 4 is 33.6 Å². The molecular formula is C24H16BrF6N3O4. The predicted octanol–water partition coefficient (Wildman–Crippen LogP) is 5.38. The summed E-state index contributed by atoms with van der Waals surface area (Å²) >= 11 is 2.82. The minimum absolute atomic E-state index is 0.107. The molecule has 0 aromatic heterocycles. The number of nitriles is 1. The predicted molar refractivity (Wildman–Crippen MR) is 124 cm³/mol. The largest absolute Gasteiger partial charge is 0.466 e. The highest BCUT2D eigenvalue weighted by Gasteiger charge is 2.47. The summed E-state index contributed by atoms with van der Waals surface area (Å²) in [5, 5.41) is 9.97. The van der Waals surface area contributed by atoms with Gasteiger partial charge in [0.15, 0.2) is 0 Å². The number of ether oxygens (including phenoxy) is 2. The molecule has 0 aliphatic carbocycles. The van der Waals surface area contributed by atoms with Gasteiger partial charge in [0.05, 0.1) is 54.2 Å². The second-order valence-electron chi connectivity index (χ2n) is 7.68. The number of carbonyl (C=O) groups is 2. The number of carbonyl (C=O) groups excluding carboxylic acids is 2. The molecule has 0 saturated carbocycles. The van der Waals surface area contributed by atoms with Gasteiger partial charge in [-0.15, -0.1) is 0 Å². The van der Waals surface area contributed by atoms with Crippen molar-refractivity contribution in [2.24, 2.45) is 5.73 Å². The molecule has 0 saturated heterocycles. The van der Waals surface area contributed by atoms with E-state index in [0.717, 1.165) is 14.2 Å². The van der Waals surface area contributed by atoms with E-state index in [9.17, 15) is 41.2 Å². The zero-order valence-electron chi connectivity index (χ0n) is 19.4. The fourth-order valence-corrected chi connectivity index (χ4v) is 4.49. The fourth-order valence-electron chi connectivity index (χ4n) is 3.97. The lowest BCUT2D eigenvalue weighted by atomic mass is 9.81. The van der Waals surface area contributed by atoms with Crippen LogP contribution in [0.15, 0.2) is 69.6 Å². The molecule has 3 rings (SSSR count). The van der Waals surface area contributed by atoms with Crippen molar-refractivity contribution in [3.63, 3.8) is 0 Å². The highest BCUT2D eigenvalue weighted by Crippen LogP contribution is 2.48. The van der Waals surface area contributed by atoms with Crippen LogP contribution in [0.3, 0.4) is 0 Å². The van der Waals surface area contributed by atoms with Gasteiger partial charge in [0, 0.05) is 4.47 Å². The van der Waals surface area contributed by atoms with Gasteiger partial charge >= 0.3 is 24.3 Å². The Kier molecular flexibility index (Phi) is 7.83. The van der Waals surface area contributed by atoms with Crippen LogP contribution >= 0.6 is 15.9 Å². The van der Waals surface area contributed by atoms with E-state index < -0.39 is 68.6 Å². The van der Waals surface area contributed by atoms with Crippen molar-refractivity contribution in [2.75, 3.05) is 19.1 Å². The Hall–Kier alpha value is -3.99. The van der Waals surface area contributed by atoms with Gasteiger partial charge in [-0.3, -0.25) is 4.90 Å². The first-order valence-corrected chi connectivity index (χ1v) is 11.1. The number of allylic oxidation sites excluding steroid dienone is 1. The SMILES string of the molecule is COC(=O)C1=C(C(=O)OC)N(c2cc(C(F)(F)F)c(C(F)(F)F)cc2Br)C(N)=C(C#N)C1c1ccccc1. The van der Waals surface area contributed by atoms with Crippen molar-refractivity contribution in [3.05, 3.63) is 86.3 Å². The second-order valence-corrected chi connectivity index (χ2v) is 8.53. The molecular weight excluding hydrogens is 588 g/mol. The third-order valence-electron chi connectivity index (χ3n) is 5.55. The Morgan fingerprint density at radius 1 is 0.974 bits per heavy atom. The lowest BCUT2D eigenvalue weighted by Gasteiger charge is -2.36. The summed E-state index contributed by atoms with van der Waals surface area (Å²) in [4.78, 5) is 26.6. The summed E-state index contributed by atoms with van der Waals surface area (Å²) in [6.45, 7) is 0. The maximum absolute atomic E-state index is 13.8. The molecule has 38 heavy (non-hydrogen) atoms. The van der Waals surface area contributed by atoms with Gasteiger partial charge in [-0.25, -0.2) is 9.59 Å². The van der Waals surface area contributed by atoms with E-state index in [4.69, 9.17) is 15.2 Å². The normalized spacial score (nSPS) is 16.3. The third kappa shape index (κ3) is 5.06. The van der Waals surface area contributed by atoms with Crippen LogP contribution < -0.4 is 10.6 Å². The number of anilines is 1. The molecule has 0 bridgehead atoms. The molecule has 2 aromatic carbocycles. The third-order valence-corrected chi connectivity index (χ3v) is 6.18. The lowest BCUT2D eigenvalue weighted by molar-refractivity contribution is -0.162. The Morgan fingerprint density at radius 2 is 1.50 bits per heavy atom. The maximum Gasteiger partial charge on any atom is 0.417 e. The average Bonchev–Trinajstić information content (AvgIpc) is 2.86. The standard InChI is InChI=1S/C24H16BrF6N3O4/c1-37-21(35)18-17(11-6-4-3-5-7-11)12(10-32)20(33)34(19(18)22(36)38-2)16-9-14(24(29,30)31)13(8-15(16)25)23(26,27)28/h3-9,17H,33H2,1-2H3. The number of halogens is 7. The fraction of sp³-hybridized carbons (Fsp3) is 0.208. The molecule has 1 atom stereocenters. The number of rotatable bonds is 4. The number of benzene rings is 2. The van der Waals surface area contributed by atoms with Crippen LogP contribution in [0.2, 0.25) is 0 Å². The molecule has 2 aromatic rings. The highest BCUT2D eigenvalue weighted by molar-refractivity contribution is 9.10. The molecule has 0 spiro atoms. The summed E-state index contributed by atoms with van der Waals surface area (Å²) in [5.41, 5.74) is -0.00920. The zero-order valence-corrected chi connectivity index (χ0v) is 21.0. The first kappa shape index (κ1) is 28.6. The number of nitrogens with zero attached hydrogens (tertiary/aromatic N) is 2. The van der Waals surface area contributed by atoms with E-state index in [0.29, 0.717) is 4.90 Å². The first-order chi connectivity index (χ1) is 17.7. The molecule has 14 heteroatoms. The number of nitrogens with two attached hydrogens (primary N) is 1. The van der Waals surface area contributed by atoms with E-state index in [1.54, 1.807) is 24.3 Å². The number of hydrogen-bond acceptors (Lipinski definition) is 7. The van der Waals surface area contributed by atoms with Crippen molar-refractivity contribution in [1.29, 1.82) is 5.26 Å². The summed E-state index contributed by atoms with van der Waals surface area (Å²) in [6, 6.07) is 9.79. The van der Waals surface area contributed by atoms with E-state index in [-0.39, 0.29) is 23.3 Å².